The summed E-state index contributed by atoms with van der Waals surface area (Å²) in [5.74, 6) is 0.150. The molecule has 0 spiro atoms. The number of primary amides is 1. The molecule has 0 radical (unpaired) electrons. The molecule has 2 aromatic carbocycles. The standard InChI is InChI=1S/C26H27N3O3/c1-32-23-8-3-7-22(16-23)24(30)29-14-4-11-26(18-29,25(27)31)17-19-5-2-6-21(15-19)20-9-12-28-13-10-20/h2-3,5-10,12-13,15-16H,4,11,14,17-18H2,1H3,(H2,27,31)/t26-/m1/s1. The normalized spacial score (nSPS) is 18.2. The van der Waals surface area contributed by atoms with Gasteiger partial charge in [-0.3, -0.25) is 14.6 Å². The van der Waals surface area contributed by atoms with Crippen molar-refractivity contribution in [2.24, 2.45) is 11.1 Å². The Bertz CT molecular complexity index is 1120. The average Bonchev–Trinajstić information content (AvgIpc) is 2.84. The first-order valence-corrected chi connectivity index (χ1v) is 10.7. The Morgan fingerprint density at radius 2 is 1.84 bits per heavy atom. The zero-order chi connectivity index (χ0) is 22.6. The van der Waals surface area contributed by atoms with Crippen LogP contribution in [0.5, 0.6) is 5.75 Å². The lowest BCUT2D eigenvalue weighted by Gasteiger charge is -2.41. The lowest BCUT2D eigenvalue weighted by atomic mass is 9.74. The summed E-state index contributed by atoms with van der Waals surface area (Å²) < 4.78 is 5.25. The molecule has 0 unspecified atom stereocenters. The molecule has 2 heterocycles. The molecule has 0 saturated carbocycles. The number of rotatable bonds is 6. The zero-order valence-corrected chi connectivity index (χ0v) is 18.2. The maximum Gasteiger partial charge on any atom is 0.254 e. The molecular weight excluding hydrogens is 402 g/mol. The number of carbonyl (C=O) groups is 2. The lowest BCUT2D eigenvalue weighted by molar-refractivity contribution is -0.130. The van der Waals surface area contributed by atoms with Gasteiger partial charge in [-0.25, -0.2) is 0 Å². The van der Waals surface area contributed by atoms with Crippen LogP contribution in [0.4, 0.5) is 0 Å². The number of amides is 2. The van der Waals surface area contributed by atoms with Gasteiger partial charge in [0.1, 0.15) is 5.75 Å². The van der Waals surface area contributed by atoms with Gasteiger partial charge in [0.25, 0.3) is 5.91 Å². The first kappa shape index (κ1) is 21.6. The number of aromatic nitrogens is 1. The van der Waals surface area contributed by atoms with E-state index >= 15 is 0 Å². The highest BCUT2D eigenvalue weighted by molar-refractivity contribution is 5.95. The second-order valence-electron chi connectivity index (χ2n) is 8.32. The summed E-state index contributed by atoms with van der Waals surface area (Å²) in [6.45, 7) is 0.903. The number of ether oxygens (including phenoxy) is 1. The van der Waals surface area contributed by atoms with E-state index in [9.17, 15) is 9.59 Å². The lowest BCUT2D eigenvalue weighted by Crippen LogP contribution is -2.53. The molecule has 1 aliphatic heterocycles. The molecule has 3 aromatic rings. The first-order valence-electron chi connectivity index (χ1n) is 10.7. The summed E-state index contributed by atoms with van der Waals surface area (Å²) in [6.07, 6.45) is 5.39. The van der Waals surface area contributed by atoms with Crippen molar-refractivity contribution < 1.29 is 14.3 Å². The van der Waals surface area contributed by atoms with Crippen LogP contribution in [0.2, 0.25) is 0 Å². The fourth-order valence-corrected chi connectivity index (χ4v) is 4.47. The van der Waals surface area contributed by atoms with Crippen molar-refractivity contribution in [3.63, 3.8) is 0 Å². The molecule has 1 aromatic heterocycles. The monoisotopic (exact) mass is 429 g/mol. The third-order valence-electron chi connectivity index (χ3n) is 6.19. The van der Waals surface area contributed by atoms with Gasteiger partial charge in [0.15, 0.2) is 0 Å². The van der Waals surface area contributed by atoms with E-state index in [0.29, 0.717) is 37.2 Å². The number of nitrogens with zero attached hydrogens (tertiary/aromatic N) is 2. The molecule has 32 heavy (non-hydrogen) atoms. The number of pyridine rings is 1. The molecule has 6 heteroatoms. The Balaban J connectivity index is 1.58. The molecular formula is C26H27N3O3. The van der Waals surface area contributed by atoms with Gasteiger partial charge in [0.05, 0.1) is 12.5 Å². The quantitative estimate of drug-likeness (QED) is 0.647. The van der Waals surface area contributed by atoms with Gasteiger partial charge in [-0.15, -0.1) is 0 Å². The van der Waals surface area contributed by atoms with Crippen molar-refractivity contribution in [1.29, 1.82) is 0 Å². The Morgan fingerprint density at radius 1 is 1.06 bits per heavy atom. The van der Waals surface area contributed by atoms with Crippen LogP contribution in [0.15, 0.2) is 73.1 Å². The van der Waals surface area contributed by atoms with E-state index in [2.05, 4.69) is 11.1 Å². The average molecular weight is 430 g/mol. The molecule has 2 N–H and O–H groups in total. The van der Waals surface area contributed by atoms with Crippen LogP contribution in [0.1, 0.15) is 28.8 Å². The summed E-state index contributed by atoms with van der Waals surface area (Å²) in [5.41, 5.74) is 8.83. The van der Waals surface area contributed by atoms with Crippen LogP contribution in [0, 0.1) is 5.41 Å². The van der Waals surface area contributed by atoms with Crippen LogP contribution in [0.3, 0.4) is 0 Å². The number of hydrogen-bond donors (Lipinski definition) is 1. The third kappa shape index (κ3) is 4.49. The molecule has 1 aliphatic rings. The van der Waals surface area contributed by atoms with Crippen molar-refractivity contribution in [3.05, 3.63) is 84.2 Å². The second kappa shape index (κ2) is 9.22. The summed E-state index contributed by atoms with van der Waals surface area (Å²) in [5, 5.41) is 0. The van der Waals surface area contributed by atoms with Crippen LogP contribution >= 0.6 is 0 Å². The van der Waals surface area contributed by atoms with Gasteiger partial charge >= 0.3 is 0 Å². The van der Waals surface area contributed by atoms with Crippen molar-refractivity contribution in [2.75, 3.05) is 20.2 Å². The van der Waals surface area contributed by atoms with Gasteiger partial charge in [0.2, 0.25) is 5.91 Å². The Kier molecular flexibility index (Phi) is 6.21. The van der Waals surface area contributed by atoms with E-state index in [1.807, 2.05) is 30.3 Å². The third-order valence-corrected chi connectivity index (χ3v) is 6.19. The van der Waals surface area contributed by atoms with Crippen LogP contribution in [-0.2, 0) is 11.2 Å². The van der Waals surface area contributed by atoms with Crippen molar-refractivity contribution in [3.8, 4) is 16.9 Å². The van der Waals surface area contributed by atoms with Gasteiger partial charge < -0.3 is 15.4 Å². The minimum atomic E-state index is -0.802. The number of benzene rings is 2. The molecule has 1 saturated heterocycles. The first-order chi connectivity index (χ1) is 15.5. The molecule has 1 atom stereocenters. The highest BCUT2D eigenvalue weighted by Crippen LogP contribution is 2.35. The predicted octanol–water partition coefficient (Wildman–Crippen LogP) is 3.71. The predicted molar refractivity (Wildman–Crippen MR) is 123 cm³/mol. The molecule has 6 nitrogen and oxygen atoms in total. The maximum absolute atomic E-state index is 13.2. The minimum absolute atomic E-state index is 0.111. The fraction of sp³-hybridized carbons (Fsp3) is 0.269. The SMILES string of the molecule is COc1cccc(C(=O)N2CCC[C@](Cc3cccc(-c4ccncc4)c3)(C(N)=O)C2)c1. The van der Waals surface area contributed by atoms with E-state index < -0.39 is 5.41 Å². The molecule has 0 bridgehead atoms. The van der Waals surface area contributed by atoms with Gasteiger partial charge in [0, 0.05) is 31.0 Å². The molecule has 4 rings (SSSR count). The largest absolute Gasteiger partial charge is 0.497 e. The maximum atomic E-state index is 13.2. The highest BCUT2D eigenvalue weighted by Gasteiger charge is 2.42. The summed E-state index contributed by atoms with van der Waals surface area (Å²) in [4.78, 5) is 31.7. The Hall–Kier alpha value is -3.67. The van der Waals surface area contributed by atoms with Gasteiger partial charge in [-0.1, -0.05) is 30.3 Å². The van der Waals surface area contributed by atoms with Crippen molar-refractivity contribution in [1.82, 2.24) is 9.88 Å². The van der Waals surface area contributed by atoms with Crippen molar-refractivity contribution in [2.45, 2.75) is 19.3 Å². The smallest absolute Gasteiger partial charge is 0.254 e. The van der Waals surface area contributed by atoms with Crippen LogP contribution in [0.25, 0.3) is 11.1 Å². The number of carbonyl (C=O) groups excluding carboxylic acids is 2. The van der Waals surface area contributed by atoms with E-state index in [4.69, 9.17) is 10.5 Å². The number of methoxy groups -OCH3 is 1. The van der Waals surface area contributed by atoms with Gasteiger partial charge in [-0.2, -0.15) is 0 Å². The Labute approximate surface area is 188 Å². The van der Waals surface area contributed by atoms with E-state index in [0.717, 1.165) is 23.1 Å². The summed E-state index contributed by atoms with van der Waals surface area (Å²) in [6, 6.07) is 19.1. The summed E-state index contributed by atoms with van der Waals surface area (Å²) >= 11 is 0. The van der Waals surface area contributed by atoms with Crippen LogP contribution in [-0.4, -0.2) is 41.9 Å². The Morgan fingerprint density at radius 3 is 2.59 bits per heavy atom. The zero-order valence-electron chi connectivity index (χ0n) is 18.2. The molecule has 0 aliphatic carbocycles. The highest BCUT2D eigenvalue weighted by atomic mass is 16.5. The second-order valence-corrected chi connectivity index (χ2v) is 8.32. The van der Waals surface area contributed by atoms with E-state index in [1.165, 1.54) is 0 Å². The van der Waals surface area contributed by atoms with Crippen molar-refractivity contribution >= 4 is 11.8 Å². The molecule has 2 amide bonds. The summed E-state index contributed by atoms with van der Waals surface area (Å²) in [7, 11) is 1.57. The molecule has 1 fully saturated rings. The number of likely N-dealkylation sites (tertiary alicyclic amines) is 1. The topological polar surface area (TPSA) is 85.5 Å². The minimum Gasteiger partial charge on any atom is -0.497 e. The molecule has 164 valence electrons. The fourth-order valence-electron chi connectivity index (χ4n) is 4.47. The number of nitrogens with two attached hydrogens (primary N) is 1. The number of hydrogen-bond acceptors (Lipinski definition) is 4. The van der Waals surface area contributed by atoms with E-state index in [1.54, 1.807) is 48.7 Å². The van der Waals surface area contributed by atoms with E-state index in [-0.39, 0.29) is 11.8 Å². The van der Waals surface area contributed by atoms with Crippen LogP contribution < -0.4 is 10.5 Å². The number of piperidine rings is 1. The van der Waals surface area contributed by atoms with Gasteiger partial charge in [-0.05, 0) is 66.3 Å².